The van der Waals surface area contributed by atoms with Crippen LogP contribution in [0.3, 0.4) is 0 Å². The monoisotopic (exact) mass is 1930 g/mol. The Labute approximate surface area is 748 Å². The van der Waals surface area contributed by atoms with E-state index in [0.29, 0.717) is 0 Å². The van der Waals surface area contributed by atoms with Crippen LogP contribution < -0.4 is 21.3 Å². The smallest absolute Gasteiger partial charge is 0.217 e. The van der Waals surface area contributed by atoms with Gasteiger partial charge < -0.3 is 269 Å². The van der Waals surface area contributed by atoms with Crippen molar-refractivity contribution < 1.29 is 267 Å². The molecule has 0 saturated carbocycles. The summed E-state index contributed by atoms with van der Waals surface area (Å²) in [5, 5.41) is 346. The molecule has 10 saturated heterocycles. The number of aliphatic hydroxyl groups is 30. The Balaban J connectivity index is 0.988. The van der Waals surface area contributed by atoms with E-state index in [1.807, 2.05) is 0 Å². The normalized spacial score (nSPS) is 47.8. The van der Waals surface area contributed by atoms with E-state index in [1.165, 1.54) is 13.8 Å². The van der Waals surface area contributed by atoms with E-state index in [9.17, 15) is 172 Å². The summed E-state index contributed by atoms with van der Waals surface area (Å²) in [6.07, 6.45) is -106. The molecule has 0 spiro atoms. The van der Waals surface area contributed by atoms with Crippen molar-refractivity contribution in [2.24, 2.45) is 0 Å². The highest BCUT2D eigenvalue weighted by molar-refractivity contribution is 5.74. The van der Waals surface area contributed by atoms with Gasteiger partial charge in [-0.3, -0.25) is 19.2 Å². The number of carbonyl (C=O) groups is 4. The summed E-state index contributed by atoms with van der Waals surface area (Å²) < 4.78 is 119. The van der Waals surface area contributed by atoms with Crippen LogP contribution in [0.2, 0.25) is 0 Å². The molecule has 0 aromatic heterocycles. The fourth-order valence-electron chi connectivity index (χ4n) is 16.8. The first kappa shape index (κ1) is 110. The van der Waals surface area contributed by atoms with Gasteiger partial charge in [0, 0.05) is 27.7 Å². The van der Waals surface area contributed by atoms with Crippen LogP contribution in [-0.2, 0) is 114 Å². The van der Waals surface area contributed by atoms with Gasteiger partial charge in [-0.05, 0) is 13.8 Å². The van der Waals surface area contributed by atoms with E-state index in [1.54, 1.807) is 0 Å². The second-order valence-electron chi connectivity index (χ2n) is 33.6. The minimum absolute atomic E-state index is 0.878. The van der Waals surface area contributed by atoms with Gasteiger partial charge >= 0.3 is 0 Å². The van der Waals surface area contributed by atoms with Crippen molar-refractivity contribution >= 4 is 23.6 Å². The molecule has 10 fully saturated rings. The van der Waals surface area contributed by atoms with E-state index in [4.69, 9.17) is 94.7 Å². The van der Waals surface area contributed by atoms with Crippen LogP contribution in [0.25, 0.3) is 0 Å². The van der Waals surface area contributed by atoms with Crippen LogP contribution in [0.15, 0.2) is 0 Å². The molecular weight excluding hydrogens is 1810 g/mol. The summed E-state index contributed by atoms with van der Waals surface area (Å²) in [5.41, 5.74) is 0. The van der Waals surface area contributed by atoms with Crippen molar-refractivity contribution in [1.82, 2.24) is 21.3 Å². The lowest BCUT2D eigenvalue weighted by Gasteiger charge is -2.51. The zero-order valence-corrected chi connectivity index (χ0v) is 71.5. The molecule has 58 heteroatoms. The summed E-state index contributed by atoms with van der Waals surface area (Å²) in [4.78, 5) is 52.0. The average molecular weight is 1940 g/mol. The van der Waals surface area contributed by atoms with E-state index in [2.05, 4.69) is 21.3 Å². The zero-order valence-electron chi connectivity index (χ0n) is 71.5. The van der Waals surface area contributed by atoms with E-state index < -0.39 is 421 Å². The van der Waals surface area contributed by atoms with Crippen molar-refractivity contribution in [2.75, 3.05) is 66.1 Å². The highest BCUT2D eigenvalue weighted by Crippen LogP contribution is 2.41. The average Bonchev–Trinajstić information content (AvgIpc) is 0.767. The Hall–Kier alpha value is -4.12. The second kappa shape index (κ2) is 48.4. The van der Waals surface area contributed by atoms with Crippen LogP contribution in [0, 0.1) is 0 Å². The van der Waals surface area contributed by atoms with Gasteiger partial charge in [-0.1, -0.05) is 0 Å². The predicted octanol–water partition coefficient (Wildman–Crippen LogP) is -22.7. The number of amides is 4. The van der Waals surface area contributed by atoms with Crippen molar-refractivity contribution in [3.05, 3.63) is 0 Å². The van der Waals surface area contributed by atoms with Gasteiger partial charge in [0.05, 0.1) is 84.3 Å². The molecule has 34 N–H and O–H groups in total. The Morgan fingerprint density at radius 3 is 0.985 bits per heavy atom. The predicted molar refractivity (Wildman–Crippen MR) is 408 cm³/mol. The molecule has 766 valence electrons. The van der Waals surface area contributed by atoms with Gasteiger partial charge in [-0.15, -0.1) is 0 Å². The standard InChI is InChI=1S/C74H126N4O54/c1-17-36(92)47(103)53(109)68(115-17)113-15-24(91)57(38(94)23(7-79)75-19(3)87)125-65-33(76-20(4)88)44(100)59(30(13-85)121-65)127-71-56(112)61(129-74-63(51(107)41(97)28(11-83)120-74)131-67-34(77-21(5)89)45(101)58(29(12-84)122-67)126-70-55(111)49(105)39(95)25(8-80)117-70)43(99)32(124-71)16-114-72-62(50(106)40(96)26(9-81)118-72)130-66-35(78-22(6)90)46(102)60(31(14-86)123-66)128-73-64(52(108)42(98)27(10-82)119-73)132-69-54(110)48(104)37(93)18(2)116-69/h17-18,23-74,79-86,91-112H,7-16H2,1-6H3,(H,75,87)(H,76,88)(H,77,89)(H,78,90)/t17-,18-,23-,24+,25+,26+,27+,28+,29+,30+,31+,32+,33+,34+,35+,36+,37+,38+,39-,40+,41+,42-,43+,44+,45+,46+,47+,48+,49-,50-,51-,52-,53-,54-,55+,56-,57+,58+,59+,60+,61-,62-,63-,64+,65-,66-,67-,68+,69-,70-,71-,72-,73-,74+/m0/s1. The quantitative estimate of drug-likeness (QED) is 0.0275. The van der Waals surface area contributed by atoms with Gasteiger partial charge in [0.25, 0.3) is 0 Å². The Bertz CT molecular complexity index is 3560. The number of carbonyl (C=O) groups excluding carboxylic acids is 4. The molecular formula is C74H126N4O54. The van der Waals surface area contributed by atoms with Crippen molar-refractivity contribution in [3.63, 3.8) is 0 Å². The topological polar surface area (TPSA) is 908 Å². The molecule has 0 bridgehead atoms. The lowest BCUT2D eigenvalue weighted by molar-refractivity contribution is -0.399. The van der Waals surface area contributed by atoms with Gasteiger partial charge in [0.1, 0.15) is 250 Å². The van der Waals surface area contributed by atoms with Crippen LogP contribution in [0.4, 0.5) is 0 Å². The lowest BCUT2D eigenvalue weighted by Crippen LogP contribution is -2.70. The molecule has 0 aliphatic carbocycles. The maximum absolute atomic E-state index is 13.3. The van der Waals surface area contributed by atoms with Gasteiger partial charge in [-0.25, -0.2) is 0 Å². The maximum atomic E-state index is 13.3. The van der Waals surface area contributed by atoms with Crippen LogP contribution >= 0.6 is 0 Å². The first-order chi connectivity index (χ1) is 62.3. The summed E-state index contributed by atoms with van der Waals surface area (Å²) in [5.74, 6) is -3.93. The number of nitrogens with one attached hydrogen (secondary N) is 4. The molecule has 0 radical (unpaired) electrons. The molecule has 10 aliphatic rings. The summed E-state index contributed by atoms with van der Waals surface area (Å²) in [7, 11) is 0. The Kier molecular flexibility index (Phi) is 40.3. The van der Waals surface area contributed by atoms with E-state index in [-0.39, 0.29) is 0 Å². The van der Waals surface area contributed by atoms with Gasteiger partial charge in [0.15, 0.2) is 62.9 Å². The summed E-state index contributed by atoms with van der Waals surface area (Å²) in [6.45, 7) is -5.46. The molecule has 10 heterocycles. The Morgan fingerprint density at radius 2 is 0.583 bits per heavy atom. The number of rotatable bonds is 37. The number of hydrogen-bond donors (Lipinski definition) is 34. The molecule has 4 amide bonds. The molecule has 0 aromatic carbocycles. The minimum Gasteiger partial charge on any atom is -0.394 e. The minimum atomic E-state index is -2.68. The fraction of sp³-hybridized carbons (Fsp3) is 0.946. The first-order valence-corrected chi connectivity index (χ1v) is 42.3. The highest BCUT2D eigenvalue weighted by Gasteiger charge is 2.62. The number of ether oxygens (including phenoxy) is 20. The van der Waals surface area contributed by atoms with Gasteiger partial charge in [-0.2, -0.15) is 0 Å². The van der Waals surface area contributed by atoms with E-state index in [0.717, 1.165) is 27.7 Å². The molecule has 54 atom stereocenters. The number of aliphatic hydroxyl groups excluding tert-OH is 30. The van der Waals surface area contributed by atoms with Crippen LogP contribution in [0.5, 0.6) is 0 Å². The van der Waals surface area contributed by atoms with Crippen LogP contribution in [0.1, 0.15) is 41.5 Å². The molecule has 132 heavy (non-hydrogen) atoms. The van der Waals surface area contributed by atoms with Crippen molar-refractivity contribution in [3.8, 4) is 0 Å². The zero-order chi connectivity index (χ0) is 97.5. The number of hydrogen-bond acceptors (Lipinski definition) is 54. The van der Waals surface area contributed by atoms with Crippen LogP contribution in [-0.4, -0.2) is 574 Å². The molecule has 10 aliphatic heterocycles. The summed E-state index contributed by atoms with van der Waals surface area (Å²) in [6, 6.07) is -7.92. The fourth-order valence-corrected chi connectivity index (χ4v) is 16.8. The van der Waals surface area contributed by atoms with Crippen molar-refractivity contribution in [2.45, 2.75) is 373 Å². The third kappa shape index (κ3) is 24.7. The third-order valence-electron chi connectivity index (χ3n) is 24.1. The SMILES string of the molecule is CC(=O)N[C@H]1[C@H](O[C@@H]([C@H](O)[C@H](CO)NC(C)=O)[C@H](O)CO[C@@H]2O[C@@H](C)[C@@H](O)[C@@H](O)[C@@H]2O)O[C@H](CO)[C@@H](O[C@@H]2O[C@H](CO[C@H]3O[C@H](CO)[C@@H](O)[C@H](O)[C@@H]3O[C@@H]3O[C@H](CO)[C@@H](O[C@@H]4O[C@H](CO)[C@H](O)[C@H](O)[C@H]4O[C@@H]4O[C@@H](C)[C@@H](O)[C@@H](O)[C@@H]4O)[C@H](O)[C@H]3NC(C)=O)[C@@H](O)[C@H](O[C@H]3O[C@H](CO)[C@@H](O)[C@H](O)[C@@H]3O[C@@H]3O[C@H](CO)[C@@H](O[C@@H]4O[C@H](CO)[C@H](O)[C@H](O)[C@H]4O)[C@H](O)[C@H]3NC(C)=O)[C@@H]2O)[C@@H]1O. The Morgan fingerprint density at radius 1 is 0.280 bits per heavy atom. The van der Waals surface area contributed by atoms with Crippen molar-refractivity contribution in [1.29, 1.82) is 0 Å². The van der Waals surface area contributed by atoms with Gasteiger partial charge in [0.2, 0.25) is 23.6 Å². The molecule has 0 unspecified atom stereocenters. The third-order valence-corrected chi connectivity index (χ3v) is 24.1. The largest absolute Gasteiger partial charge is 0.394 e. The summed E-state index contributed by atoms with van der Waals surface area (Å²) >= 11 is 0. The lowest BCUT2D eigenvalue weighted by atomic mass is 9.94. The molecule has 58 nitrogen and oxygen atoms in total. The first-order valence-electron chi connectivity index (χ1n) is 42.3. The highest BCUT2D eigenvalue weighted by atomic mass is 16.8. The molecule has 0 aromatic rings. The molecule has 10 rings (SSSR count). The maximum Gasteiger partial charge on any atom is 0.217 e. The van der Waals surface area contributed by atoms with E-state index >= 15 is 0 Å². The second-order valence-corrected chi connectivity index (χ2v) is 33.6.